The zero-order valence-electron chi connectivity index (χ0n) is 16.0. The lowest BCUT2D eigenvalue weighted by Crippen LogP contribution is -2.32. The SMILES string of the molecule is Cc1cccc(CNCC2CC(c3ccc(CN4CCCC4)cc3)C2)n1. The summed E-state index contributed by atoms with van der Waals surface area (Å²) in [6, 6.07) is 15.7. The number of rotatable bonds is 7. The van der Waals surface area contributed by atoms with Gasteiger partial charge in [-0.05, 0) is 87.3 Å². The molecule has 1 saturated carbocycles. The average Bonchev–Trinajstić information content (AvgIpc) is 3.11. The first kappa shape index (κ1) is 17.7. The normalized spacial score (nSPS) is 23.1. The van der Waals surface area contributed by atoms with Crippen molar-refractivity contribution in [2.75, 3.05) is 19.6 Å². The molecule has 2 heterocycles. The zero-order valence-corrected chi connectivity index (χ0v) is 16.0. The van der Waals surface area contributed by atoms with Gasteiger partial charge in [-0.2, -0.15) is 0 Å². The maximum Gasteiger partial charge on any atom is 0.0544 e. The fourth-order valence-electron chi connectivity index (χ4n) is 4.37. The summed E-state index contributed by atoms with van der Waals surface area (Å²) < 4.78 is 0. The Morgan fingerprint density at radius 1 is 1.04 bits per heavy atom. The van der Waals surface area contributed by atoms with Crippen LogP contribution in [0.2, 0.25) is 0 Å². The predicted molar refractivity (Wildman–Crippen MR) is 107 cm³/mol. The topological polar surface area (TPSA) is 28.2 Å². The molecule has 0 radical (unpaired) electrons. The van der Waals surface area contributed by atoms with Crippen LogP contribution in [0.4, 0.5) is 0 Å². The number of nitrogens with one attached hydrogen (secondary N) is 1. The third kappa shape index (κ3) is 4.52. The van der Waals surface area contributed by atoms with E-state index in [1.165, 1.54) is 49.9 Å². The van der Waals surface area contributed by atoms with Crippen LogP contribution in [0.3, 0.4) is 0 Å². The fourth-order valence-corrected chi connectivity index (χ4v) is 4.37. The number of likely N-dealkylation sites (tertiary alicyclic amines) is 1. The minimum absolute atomic E-state index is 0.764. The molecule has 138 valence electrons. The molecule has 1 aliphatic heterocycles. The lowest BCUT2D eigenvalue weighted by Gasteiger charge is -2.36. The Kier molecular flexibility index (Phi) is 5.66. The van der Waals surface area contributed by atoms with Crippen molar-refractivity contribution in [1.29, 1.82) is 0 Å². The van der Waals surface area contributed by atoms with Crippen molar-refractivity contribution in [3.8, 4) is 0 Å². The Labute approximate surface area is 157 Å². The molecule has 1 N–H and O–H groups in total. The number of nitrogens with zero attached hydrogens (tertiary/aromatic N) is 2. The van der Waals surface area contributed by atoms with E-state index in [4.69, 9.17) is 0 Å². The molecule has 2 fully saturated rings. The number of aryl methyl sites for hydroxylation is 1. The molecule has 26 heavy (non-hydrogen) atoms. The molecule has 3 nitrogen and oxygen atoms in total. The first-order valence-corrected chi connectivity index (χ1v) is 10.2. The largest absolute Gasteiger partial charge is 0.311 e. The molecule has 1 aromatic carbocycles. The maximum absolute atomic E-state index is 4.56. The van der Waals surface area contributed by atoms with E-state index in [1.807, 2.05) is 0 Å². The first-order chi connectivity index (χ1) is 12.8. The van der Waals surface area contributed by atoms with Crippen molar-refractivity contribution >= 4 is 0 Å². The lowest BCUT2D eigenvalue weighted by atomic mass is 9.71. The van der Waals surface area contributed by atoms with E-state index in [9.17, 15) is 0 Å². The predicted octanol–water partition coefficient (Wildman–Crippen LogP) is 4.27. The highest BCUT2D eigenvalue weighted by Crippen LogP contribution is 2.41. The van der Waals surface area contributed by atoms with Crippen molar-refractivity contribution in [3.05, 3.63) is 65.0 Å². The summed E-state index contributed by atoms with van der Waals surface area (Å²) in [6.07, 6.45) is 5.38. The van der Waals surface area contributed by atoms with Crippen molar-refractivity contribution in [3.63, 3.8) is 0 Å². The number of aromatic nitrogens is 1. The molecule has 1 aliphatic carbocycles. The molecule has 0 amide bonds. The van der Waals surface area contributed by atoms with Gasteiger partial charge < -0.3 is 5.32 Å². The van der Waals surface area contributed by atoms with Gasteiger partial charge in [-0.15, -0.1) is 0 Å². The molecule has 0 bridgehead atoms. The quantitative estimate of drug-likeness (QED) is 0.809. The van der Waals surface area contributed by atoms with Gasteiger partial charge in [-0.3, -0.25) is 9.88 Å². The van der Waals surface area contributed by atoms with E-state index in [1.54, 1.807) is 0 Å². The molecular formula is C23H31N3. The number of pyridine rings is 1. The van der Waals surface area contributed by atoms with E-state index < -0.39 is 0 Å². The number of hydrogen-bond donors (Lipinski definition) is 1. The summed E-state index contributed by atoms with van der Waals surface area (Å²) in [4.78, 5) is 7.13. The van der Waals surface area contributed by atoms with Crippen LogP contribution in [0, 0.1) is 12.8 Å². The minimum Gasteiger partial charge on any atom is -0.311 e. The summed E-state index contributed by atoms with van der Waals surface area (Å²) >= 11 is 0. The lowest BCUT2D eigenvalue weighted by molar-refractivity contribution is 0.253. The second-order valence-corrected chi connectivity index (χ2v) is 8.16. The summed E-state index contributed by atoms with van der Waals surface area (Å²) in [6.45, 7) is 7.72. The van der Waals surface area contributed by atoms with Crippen LogP contribution >= 0.6 is 0 Å². The van der Waals surface area contributed by atoms with Gasteiger partial charge in [0, 0.05) is 18.8 Å². The number of benzene rings is 1. The Balaban J connectivity index is 1.18. The van der Waals surface area contributed by atoms with E-state index in [0.29, 0.717) is 0 Å². The van der Waals surface area contributed by atoms with Crippen LogP contribution in [0.15, 0.2) is 42.5 Å². The van der Waals surface area contributed by atoms with Crippen molar-refractivity contribution in [2.24, 2.45) is 5.92 Å². The van der Waals surface area contributed by atoms with E-state index in [2.05, 4.69) is 64.6 Å². The molecule has 0 unspecified atom stereocenters. The third-order valence-corrected chi connectivity index (χ3v) is 5.98. The van der Waals surface area contributed by atoms with Crippen molar-refractivity contribution < 1.29 is 0 Å². The standard InChI is InChI=1S/C23H31N3/c1-18-5-4-6-23(25-18)16-24-15-20-13-22(14-20)21-9-7-19(8-10-21)17-26-11-2-3-12-26/h4-10,20,22,24H,2-3,11-17H2,1H3. The second kappa shape index (κ2) is 8.32. The van der Waals surface area contributed by atoms with Crippen LogP contribution in [0.5, 0.6) is 0 Å². The zero-order chi connectivity index (χ0) is 17.8. The second-order valence-electron chi connectivity index (χ2n) is 8.16. The van der Waals surface area contributed by atoms with Crippen LogP contribution in [0.25, 0.3) is 0 Å². The summed E-state index contributed by atoms with van der Waals surface area (Å²) in [7, 11) is 0. The van der Waals surface area contributed by atoms with Gasteiger partial charge in [-0.1, -0.05) is 30.3 Å². The fraction of sp³-hybridized carbons (Fsp3) is 0.522. The van der Waals surface area contributed by atoms with Crippen LogP contribution in [0.1, 0.15) is 54.1 Å². The summed E-state index contributed by atoms with van der Waals surface area (Å²) in [5, 5.41) is 3.58. The highest BCUT2D eigenvalue weighted by Gasteiger charge is 2.29. The van der Waals surface area contributed by atoms with Crippen LogP contribution in [-0.4, -0.2) is 29.5 Å². The molecule has 0 spiro atoms. The molecule has 4 rings (SSSR count). The molecular weight excluding hydrogens is 318 g/mol. The van der Waals surface area contributed by atoms with Gasteiger partial charge in [-0.25, -0.2) is 0 Å². The Hall–Kier alpha value is -1.71. The maximum atomic E-state index is 4.56. The Morgan fingerprint density at radius 2 is 1.81 bits per heavy atom. The smallest absolute Gasteiger partial charge is 0.0544 e. The average molecular weight is 350 g/mol. The Morgan fingerprint density at radius 3 is 2.54 bits per heavy atom. The van der Waals surface area contributed by atoms with Gasteiger partial charge in [0.2, 0.25) is 0 Å². The van der Waals surface area contributed by atoms with Gasteiger partial charge >= 0.3 is 0 Å². The minimum atomic E-state index is 0.764. The van der Waals surface area contributed by atoms with Gasteiger partial charge in [0.1, 0.15) is 0 Å². The molecule has 3 heteroatoms. The van der Waals surface area contributed by atoms with Gasteiger partial charge in [0.05, 0.1) is 5.69 Å². The van der Waals surface area contributed by atoms with Crippen molar-refractivity contribution in [1.82, 2.24) is 15.2 Å². The molecule has 0 atom stereocenters. The number of hydrogen-bond acceptors (Lipinski definition) is 3. The highest BCUT2D eigenvalue weighted by atomic mass is 15.1. The molecule has 1 aromatic heterocycles. The first-order valence-electron chi connectivity index (χ1n) is 10.2. The van der Waals surface area contributed by atoms with Crippen molar-refractivity contribution in [2.45, 2.75) is 51.6 Å². The monoisotopic (exact) mass is 349 g/mol. The van der Waals surface area contributed by atoms with Gasteiger partial charge in [0.25, 0.3) is 0 Å². The van der Waals surface area contributed by atoms with Gasteiger partial charge in [0.15, 0.2) is 0 Å². The molecule has 2 aliphatic rings. The van der Waals surface area contributed by atoms with E-state index in [-0.39, 0.29) is 0 Å². The van der Waals surface area contributed by atoms with Crippen LogP contribution < -0.4 is 5.32 Å². The molecule has 2 aromatic rings. The highest BCUT2D eigenvalue weighted by molar-refractivity contribution is 5.27. The summed E-state index contributed by atoms with van der Waals surface area (Å²) in [5.41, 5.74) is 5.25. The Bertz CT molecular complexity index is 698. The molecule has 1 saturated heterocycles. The third-order valence-electron chi connectivity index (χ3n) is 5.98. The van der Waals surface area contributed by atoms with E-state index in [0.717, 1.165) is 42.9 Å². The van der Waals surface area contributed by atoms with E-state index >= 15 is 0 Å². The summed E-state index contributed by atoms with van der Waals surface area (Å²) in [5.74, 6) is 1.58. The van der Waals surface area contributed by atoms with Crippen LogP contribution in [-0.2, 0) is 13.1 Å².